The van der Waals surface area contributed by atoms with Crippen molar-refractivity contribution < 1.29 is 14.6 Å². The third-order valence-corrected chi connectivity index (χ3v) is 4.84. The Hall–Kier alpha value is -2.20. The highest BCUT2D eigenvalue weighted by molar-refractivity contribution is 5.56. The number of benzene rings is 2. The van der Waals surface area contributed by atoms with Crippen LogP contribution < -0.4 is 14.4 Å². The average Bonchev–Trinajstić information content (AvgIpc) is 2.65. The molecule has 0 radical (unpaired) electrons. The number of aliphatic hydroxyl groups is 1. The van der Waals surface area contributed by atoms with E-state index in [0.717, 1.165) is 24.5 Å². The van der Waals surface area contributed by atoms with Crippen LogP contribution in [0.1, 0.15) is 24.1 Å². The minimum Gasteiger partial charge on any atom is -0.493 e. The molecule has 0 saturated heterocycles. The van der Waals surface area contributed by atoms with Gasteiger partial charge in [0.2, 0.25) is 0 Å². The fraction of sp³-hybridized carbons (Fsp3) is 0.400. The fourth-order valence-electron chi connectivity index (χ4n) is 3.60. The first-order valence-corrected chi connectivity index (χ1v) is 8.37. The Morgan fingerprint density at radius 3 is 2.42 bits per heavy atom. The summed E-state index contributed by atoms with van der Waals surface area (Å²) in [6.45, 7) is 3.15. The summed E-state index contributed by atoms with van der Waals surface area (Å²) in [6, 6.07) is 14.7. The van der Waals surface area contributed by atoms with Crippen molar-refractivity contribution in [1.29, 1.82) is 0 Å². The number of hydrogen-bond acceptors (Lipinski definition) is 4. The van der Waals surface area contributed by atoms with E-state index < -0.39 is 0 Å². The van der Waals surface area contributed by atoms with Gasteiger partial charge in [0.05, 0.1) is 20.3 Å². The predicted octanol–water partition coefficient (Wildman–Crippen LogP) is 3.44. The van der Waals surface area contributed by atoms with Crippen molar-refractivity contribution in [3.8, 4) is 11.5 Å². The van der Waals surface area contributed by atoms with Gasteiger partial charge in [-0.2, -0.15) is 0 Å². The van der Waals surface area contributed by atoms with Crippen molar-refractivity contribution in [1.82, 2.24) is 0 Å². The molecule has 2 atom stereocenters. The summed E-state index contributed by atoms with van der Waals surface area (Å²) in [4.78, 5) is 2.38. The van der Waals surface area contributed by atoms with Gasteiger partial charge in [-0.15, -0.1) is 0 Å². The summed E-state index contributed by atoms with van der Waals surface area (Å²) < 4.78 is 10.9. The zero-order valence-electron chi connectivity index (χ0n) is 14.5. The van der Waals surface area contributed by atoms with Crippen molar-refractivity contribution >= 4 is 5.69 Å². The topological polar surface area (TPSA) is 41.9 Å². The standard InChI is InChI=1S/C20H25NO3/c1-14(13-22)20-17-12-19(24-3)18(23-2)11-15(17)9-10-21(20)16-7-5-4-6-8-16/h4-8,11-12,14,20,22H,9-10,13H2,1-3H3/t14-,20+/m0/s1. The zero-order valence-corrected chi connectivity index (χ0v) is 14.5. The van der Waals surface area contributed by atoms with Gasteiger partial charge in [-0.25, -0.2) is 0 Å². The number of ether oxygens (including phenoxy) is 2. The number of para-hydroxylation sites is 1. The van der Waals surface area contributed by atoms with E-state index in [1.54, 1.807) is 14.2 Å². The molecular formula is C20H25NO3. The lowest BCUT2D eigenvalue weighted by atomic mass is 9.85. The minimum atomic E-state index is 0.112. The average molecular weight is 327 g/mol. The molecule has 0 fully saturated rings. The van der Waals surface area contributed by atoms with Gasteiger partial charge in [0, 0.05) is 24.8 Å². The van der Waals surface area contributed by atoms with Crippen LogP contribution in [0.25, 0.3) is 0 Å². The van der Waals surface area contributed by atoms with Crippen molar-refractivity contribution in [2.24, 2.45) is 5.92 Å². The van der Waals surface area contributed by atoms with Crippen LogP contribution in [-0.4, -0.2) is 32.5 Å². The van der Waals surface area contributed by atoms with E-state index in [-0.39, 0.29) is 18.6 Å². The second-order valence-electron chi connectivity index (χ2n) is 6.29. The first kappa shape index (κ1) is 16.7. The van der Waals surface area contributed by atoms with E-state index in [0.29, 0.717) is 0 Å². The molecule has 4 nitrogen and oxygen atoms in total. The zero-order chi connectivity index (χ0) is 17.1. The molecular weight excluding hydrogens is 302 g/mol. The Morgan fingerprint density at radius 1 is 1.12 bits per heavy atom. The summed E-state index contributed by atoms with van der Waals surface area (Å²) in [6.07, 6.45) is 0.944. The van der Waals surface area contributed by atoms with Gasteiger partial charge in [0.1, 0.15) is 0 Å². The maximum Gasteiger partial charge on any atom is 0.161 e. The second kappa shape index (κ2) is 7.14. The lowest BCUT2D eigenvalue weighted by Crippen LogP contribution is -2.39. The highest BCUT2D eigenvalue weighted by atomic mass is 16.5. The van der Waals surface area contributed by atoms with E-state index >= 15 is 0 Å². The second-order valence-corrected chi connectivity index (χ2v) is 6.29. The first-order chi connectivity index (χ1) is 11.7. The van der Waals surface area contributed by atoms with Gasteiger partial charge >= 0.3 is 0 Å². The fourth-order valence-corrected chi connectivity index (χ4v) is 3.60. The summed E-state index contributed by atoms with van der Waals surface area (Å²) in [7, 11) is 3.32. The van der Waals surface area contributed by atoms with E-state index in [1.807, 2.05) is 6.07 Å². The molecule has 2 aromatic carbocycles. The number of methoxy groups -OCH3 is 2. The molecule has 4 heteroatoms. The van der Waals surface area contributed by atoms with Gasteiger partial charge in [-0.3, -0.25) is 0 Å². The van der Waals surface area contributed by atoms with E-state index in [2.05, 4.69) is 48.2 Å². The maximum absolute atomic E-state index is 9.82. The number of rotatable bonds is 5. The molecule has 24 heavy (non-hydrogen) atoms. The van der Waals surface area contributed by atoms with Gasteiger partial charge in [0.15, 0.2) is 11.5 Å². The Bertz CT molecular complexity index is 687. The summed E-state index contributed by atoms with van der Waals surface area (Å²) in [5.74, 6) is 1.61. The quantitative estimate of drug-likeness (QED) is 0.913. The van der Waals surface area contributed by atoms with Crippen LogP contribution in [0, 0.1) is 5.92 Å². The predicted molar refractivity (Wildman–Crippen MR) is 96.0 cm³/mol. The van der Waals surface area contributed by atoms with Crippen LogP contribution in [0.15, 0.2) is 42.5 Å². The molecule has 0 unspecified atom stereocenters. The number of aliphatic hydroxyl groups excluding tert-OH is 1. The van der Waals surface area contributed by atoms with Crippen LogP contribution >= 0.6 is 0 Å². The van der Waals surface area contributed by atoms with Crippen LogP contribution in [0.2, 0.25) is 0 Å². The first-order valence-electron chi connectivity index (χ1n) is 8.37. The van der Waals surface area contributed by atoms with Gasteiger partial charge in [-0.1, -0.05) is 25.1 Å². The molecule has 128 valence electrons. The van der Waals surface area contributed by atoms with Crippen LogP contribution in [-0.2, 0) is 6.42 Å². The molecule has 0 aromatic heterocycles. The molecule has 1 aliphatic heterocycles. The number of nitrogens with zero attached hydrogens (tertiary/aromatic N) is 1. The van der Waals surface area contributed by atoms with E-state index in [1.165, 1.54) is 16.8 Å². The van der Waals surface area contributed by atoms with Crippen LogP contribution in [0.5, 0.6) is 11.5 Å². The smallest absolute Gasteiger partial charge is 0.161 e. The molecule has 1 aliphatic rings. The maximum atomic E-state index is 9.82. The molecule has 0 amide bonds. The number of hydrogen-bond donors (Lipinski definition) is 1. The van der Waals surface area contributed by atoms with Gasteiger partial charge in [-0.05, 0) is 41.8 Å². The third-order valence-electron chi connectivity index (χ3n) is 4.84. The summed E-state index contributed by atoms with van der Waals surface area (Å²) in [5, 5.41) is 9.82. The Labute approximate surface area is 143 Å². The summed E-state index contributed by atoms with van der Waals surface area (Å²) in [5.41, 5.74) is 3.66. The SMILES string of the molecule is COc1cc2c(cc1OC)[C@@H]([C@@H](C)CO)N(c1ccccc1)CC2. The molecule has 1 heterocycles. The van der Waals surface area contributed by atoms with Crippen molar-refractivity contribution in [3.63, 3.8) is 0 Å². The van der Waals surface area contributed by atoms with E-state index in [4.69, 9.17) is 9.47 Å². The van der Waals surface area contributed by atoms with Crippen LogP contribution in [0.4, 0.5) is 5.69 Å². The largest absolute Gasteiger partial charge is 0.493 e. The molecule has 0 saturated carbocycles. The lowest BCUT2D eigenvalue weighted by molar-refractivity contribution is 0.210. The highest BCUT2D eigenvalue weighted by Gasteiger charge is 2.32. The lowest BCUT2D eigenvalue weighted by Gasteiger charge is -2.42. The monoisotopic (exact) mass is 327 g/mol. The molecule has 2 aromatic rings. The molecule has 0 bridgehead atoms. The summed E-state index contributed by atoms with van der Waals surface area (Å²) >= 11 is 0. The van der Waals surface area contributed by atoms with Crippen molar-refractivity contribution in [3.05, 3.63) is 53.6 Å². The molecule has 0 spiro atoms. The number of fused-ring (bicyclic) bond motifs is 1. The molecule has 1 N–H and O–H groups in total. The van der Waals surface area contributed by atoms with Crippen molar-refractivity contribution in [2.45, 2.75) is 19.4 Å². The normalized spacial score (nSPS) is 18.0. The van der Waals surface area contributed by atoms with Crippen LogP contribution in [0.3, 0.4) is 0 Å². The molecule has 3 rings (SSSR count). The Kier molecular flexibility index (Phi) is 4.95. The van der Waals surface area contributed by atoms with Crippen molar-refractivity contribution in [2.75, 3.05) is 32.3 Å². The van der Waals surface area contributed by atoms with Gasteiger partial charge < -0.3 is 19.5 Å². The highest BCUT2D eigenvalue weighted by Crippen LogP contribution is 2.42. The Morgan fingerprint density at radius 2 is 1.79 bits per heavy atom. The van der Waals surface area contributed by atoms with Gasteiger partial charge in [0.25, 0.3) is 0 Å². The number of anilines is 1. The molecule has 0 aliphatic carbocycles. The Balaban J connectivity index is 2.09. The third kappa shape index (κ3) is 2.94. The van der Waals surface area contributed by atoms with E-state index in [9.17, 15) is 5.11 Å². The minimum absolute atomic E-state index is 0.112.